The molecule has 0 radical (unpaired) electrons. The molecular weight excluding hydrogens is 578 g/mol. The molecule has 0 unspecified atom stereocenters. The Labute approximate surface area is 259 Å². The Kier molecular flexibility index (Phi) is 8.31. The van der Waals surface area contributed by atoms with Gasteiger partial charge in [0.1, 0.15) is 12.4 Å². The molecule has 6 rings (SSSR count). The third-order valence-corrected chi connectivity index (χ3v) is 9.00. The monoisotopic (exact) mass is 607 g/mol. The summed E-state index contributed by atoms with van der Waals surface area (Å²) in [5, 5.41) is 8.45. The summed E-state index contributed by atoms with van der Waals surface area (Å²) in [4.78, 5) is 33.1. The van der Waals surface area contributed by atoms with Crippen LogP contribution in [0.1, 0.15) is 33.1 Å². The van der Waals surface area contributed by atoms with E-state index in [0.717, 1.165) is 44.8 Å². The first-order valence-electron chi connectivity index (χ1n) is 14.0. The van der Waals surface area contributed by atoms with Gasteiger partial charge in [0, 0.05) is 35.1 Å². The number of nitrogens with one attached hydrogen (secondary N) is 1. The van der Waals surface area contributed by atoms with Gasteiger partial charge in [0.25, 0.3) is 0 Å². The van der Waals surface area contributed by atoms with Gasteiger partial charge < -0.3 is 5.32 Å². The van der Waals surface area contributed by atoms with E-state index in [2.05, 4.69) is 16.4 Å². The third-order valence-electron chi connectivity index (χ3n) is 7.42. The normalized spacial score (nSPS) is 14.7. The Morgan fingerprint density at radius 2 is 1.81 bits per heavy atom. The minimum Gasteiger partial charge on any atom is -0.350 e. The van der Waals surface area contributed by atoms with Crippen LogP contribution >= 0.6 is 23.4 Å². The van der Waals surface area contributed by atoms with E-state index in [1.165, 1.54) is 11.8 Å². The summed E-state index contributed by atoms with van der Waals surface area (Å²) in [6.07, 6.45) is 3.40. The van der Waals surface area contributed by atoms with Crippen molar-refractivity contribution < 1.29 is 9.59 Å². The van der Waals surface area contributed by atoms with Crippen LogP contribution in [0.25, 0.3) is 16.9 Å². The number of thioether (sulfide) groups is 1. The van der Waals surface area contributed by atoms with Gasteiger partial charge in [-0.2, -0.15) is 5.10 Å². The summed E-state index contributed by atoms with van der Waals surface area (Å²) in [5.74, 6) is 0.283. The van der Waals surface area contributed by atoms with Gasteiger partial charge >= 0.3 is 0 Å². The van der Waals surface area contributed by atoms with Crippen molar-refractivity contribution in [3.63, 3.8) is 0 Å². The molecule has 1 atom stereocenters. The summed E-state index contributed by atoms with van der Waals surface area (Å²) in [6, 6.07) is 27.5. The average Bonchev–Trinajstić information content (AvgIpc) is 3.34. The van der Waals surface area contributed by atoms with Crippen LogP contribution in [0.3, 0.4) is 0 Å². The number of amides is 2. The van der Waals surface area contributed by atoms with Gasteiger partial charge in [0.05, 0.1) is 22.4 Å². The molecule has 43 heavy (non-hydrogen) atoms. The van der Waals surface area contributed by atoms with E-state index in [4.69, 9.17) is 16.7 Å². The number of aromatic nitrogens is 3. The minimum atomic E-state index is -0.300. The fraction of sp³-hybridized carbons (Fsp3) is 0.176. The molecule has 9 heteroatoms. The van der Waals surface area contributed by atoms with Gasteiger partial charge in [-0.3, -0.25) is 19.5 Å². The number of hydrogen-bond donors (Lipinski definition) is 1. The fourth-order valence-corrected chi connectivity index (χ4v) is 6.92. The lowest BCUT2D eigenvalue weighted by atomic mass is 9.99. The SMILES string of the molecule is Cc1ccc(-n2nc(-c3ccccc3)c3c2N(CC(=O)NCc2cccnc2)C(=O)CS[C@H]3c2ccccc2Cl)c(C)c1. The molecule has 0 fully saturated rings. The molecule has 2 aromatic heterocycles. The zero-order valence-electron chi connectivity index (χ0n) is 23.8. The first-order valence-corrected chi connectivity index (χ1v) is 15.4. The van der Waals surface area contributed by atoms with Gasteiger partial charge in [-0.05, 0) is 48.7 Å². The van der Waals surface area contributed by atoms with Crippen molar-refractivity contribution in [2.75, 3.05) is 17.2 Å². The van der Waals surface area contributed by atoms with Gasteiger partial charge in [-0.1, -0.05) is 83.9 Å². The van der Waals surface area contributed by atoms with Crippen molar-refractivity contribution in [3.8, 4) is 16.9 Å². The maximum atomic E-state index is 14.0. The topological polar surface area (TPSA) is 80.1 Å². The highest BCUT2D eigenvalue weighted by Crippen LogP contribution is 2.50. The van der Waals surface area contributed by atoms with Gasteiger partial charge in [-0.25, -0.2) is 4.68 Å². The van der Waals surface area contributed by atoms with Crippen molar-refractivity contribution in [2.24, 2.45) is 0 Å². The number of nitrogens with zero attached hydrogens (tertiary/aromatic N) is 4. The Morgan fingerprint density at radius 3 is 2.56 bits per heavy atom. The van der Waals surface area contributed by atoms with E-state index in [1.807, 2.05) is 97.4 Å². The van der Waals surface area contributed by atoms with Crippen LogP contribution in [-0.2, 0) is 16.1 Å². The molecule has 2 amide bonds. The molecule has 1 aliphatic rings. The minimum absolute atomic E-state index is 0.160. The highest BCUT2D eigenvalue weighted by molar-refractivity contribution is 8.00. The van der Waals surface area contributed by atoms with E-state index >= 15 is 0 Å². The number of rotatable bonds is 7. The average molecular weight is 608 g/mol. The molecule has 3 heterocycles. The molecule has 5 aromatic rings. The number of pyridine rings is 1. The number of aryl methyl sites for hydroxylation is 2. The van der Waals surface area contributed by atoms with E-state index < -0.39 is 0 Å². The highest BCUT2D eigenvalue weighted by atomic mass is 35.5. The van der Waals surface area contributed by atoms with Gasteiger partial charge in [0.15, 0.2) is 0 Å². The molecule has 216 valence electrons. The lowest BCUT2D eigenvalue weighted by molar-refractivity contribution is -0.123. The second kappa shape index (κ2) is 12.5. The third kappa shape index (κ3) is 5.94. The first-order chi connectivity index (χ1) is 20.9. The lowest BCUT2D eigenvalue weighted by Crippen LogP contribution is -2.42. The quantitative estimate of drug-likeness (QED) is 0.223. The van der Waals surface area contributed by atoms with Crippen LogP contribution in [-0.4, -0.2) is 38.9 Å². The standard InChI is InChI=1S/C34H30ClN5O2S/c1-22-14-15-28(23(2)17-22)40-34-31(32(38-40)25-10-4-3-5-11-25)33(26-12-6-7-13-27(26)35)43-21-30(42)39(34)20-29(41)37-19-24-9-8-16-36-18-24/h3-18,33H,19-21H2,1-2H3,(H,37,41)/t33-/m0/s1. The Morgan fingerprint density at radius 1 is 1.02 bits per heavy atom. The van der Waals surface area contributed by atoms with Gasteiger partial charge in [-0.15, -0.1) is 11.8 Å². The number of benzene rings is 3. The van der Waals surface area contributed by atoms with Crippen molar-refractivity contribution in [1.82, 2.24) is 20.1 Å². The lowest BCUT2D eigenvalue weighted by Gasteiger charge is -2.24. The van der Waals surface area contributed by atoms with E-state index in [9.17, 15) is 9.59 Å². The van der Waals surface area contributed by atoms with Crippen LogP contribution in [0, 0.1) is 13.8 Å². The molecule has 0 spiro atoms. The second-order valence-electron chi connectivity index (χ2n) is 10.5. The van der Waals surface area contributed by atoms with Crippen molar-refractivity contribution in [3.05, 3.63) is 130 Å². The number of anilines is 1. The summed E-state index contributed by atoms with van der Waals surface area (Å²) in [6.45, 7) is 4.22. The number of halogens is 1. The largest absolute Gasteiger partial charge is 0.350 e. The van der Waals surface area contributed by atoms with E-state index in [-0.39, 0.29) is 29.4 Å². The van der Waals surface area contributed by atoms with Crippen molar-refractivity contribution in [1.29, 1.82) is 0 Å². The summed E-state index contributed by atoms with van der Waals surface area (Å²) >= 11 is 8.29. The van der Waals surface area contributed by atoms with Crippen LogP contribution in [0.2, 0.25) is 5.02 Å². The molecule has 0 bridgehead atoms. The molecule has 1 N–H and O–H groups in total. The highest BCUT2D eigenvalue weighted by Gasteiger charge is 2.38. The van der Waals surface area contributed by atoms with Crippen molar-refractivity contribution in [2.45, 2.75) is 25.6 Å². The molecule has 0 saturated heterocycles. The summed E-state index contributed by atoms with van der Waals surface area (Å²) in [5.41, 5.74) is 7.22. The molecule has 3 aromatic carbocycles. The zero-order chi connectivity index (χ0) is 29.9. The molecule has 0 saturated carbocycles. The van der Waals surface area contributed by atoms with Crippen molar-refractivity contribution >= 4 is 41.0 Å². The predicted molar refractivity (Wildman–Crippen MR) is 173 cm³/mol. The Balaban J connectivity index is 1.55. The number of fused-ring (bicyclic) bond motifs is 1. The van der Waals surface area contributed by atoms with Crippen LogP contribution in [0.15, 0.2) is 97.3 Å². The second-order valence-corrected chi connectivity index (χ2v) is 12.0. The molecule has 0 aliphatic carbocycles. The smallest absolute Gasteiger partial charge is 0.240 e. The fourth-order valence-electron chi connectivity index (χ4n) is 5.38. The Bertz CT molecular complexity index is 1790. The first kappa shape index (κ1) is 28.7. The van der Waals surface area contributed by atoms with Gasteiger partial charge in [0.2, 0.25) is 11.8 Å². The maximum Gasteiger partial charge on any atom is 0.240 e. The molecule has 1 aliphatic heterocycles. The predicted octanol–water partition coefficient (Wildman–Crippen LogP) is 6.69. The molecular formula is C34H30ClN5O2S. The maximum absolute atomic E-state index is 14.0. The van der Waals surface area contributed by atoms with Crippen LogP contribution in [0.4, 0.5) is 5.82 Å². The van der Waals surface area contributed by atoms with Crippen LogP contribution in [0.5, 0.6) is 0 Å². The number of carbonyl (C=O) groups excluding carboxylic acids is 2. The number of carbonyl (C=O) groups is 2. The number of hydrogen-bond acceptors (Lipinski definition) is 5. The summed E-state index contributed by atoms with van der Waals surface area (Å²) in [7, 11) is 0. The Hall–Kier alpha value is -4.40. The van der Waals surface area contributed by atoms with E-state index in [1.54, 1.807) is 17.3 Å². The summed E-state index contributed by atoms with van der Waals surface area (Å²) < 4.78 is 1.83. The van der Waals surface area contributed by atoms with E-state index in [0.29, 0.717) is 17.4 Å². The zero-order valence-corrected chi connectivity index (χ0v) is 25.4. The molecule has 7 nitrogen and oxygen atoms in total. The van der Waals surface area contributed by atoms with Crippen LogP contribution < -0.4 is 10.2 Å².